The Kier molecular flexibility index (Phi) is 7.95. The van der Waals surface area contributed by atoms with Crippen LogP contribution in [-0.4, -0.2) is 31.1 Å². The summed E-state index contributed by atoms with van der Waals surface area (Å²) in [5.41, 5.74) is 6.76. The highest BCUT2D eigenvalue weighted by Crippen LogP contribution is 2.14. The third-order valence-corrected chi connectivity index (χ3v) is 4.02. The van der Waals surface area contributed by atoms with Crippen molar-refractivity contribution in [1.82, 2.24) is 0 Å². The molecule has 1 aromatic rings. The van der Waals surface area contributed by atoms with E-state index in [1.807, 2.05) is 36.0 Å². The normalized spacial score (nSPS) is 11.7. The van der Waals surface area contributed by atoms with E-state index in [0.717, 1.165) is 36.1 Å². The predicted molar refractivity (Wildman–Crippen MR) is 89.9 cm³/mol. The molecule has 1 rings (SSSR count). The van der Waals surface area contributed by atoms with Crippen LogP contribution in [0.15, 0.2) is 29.3 Å². The summed E-state index contributed by atoms with van der Waals surface area (Å²) in [4.78, 5) is 4.32. The molecule has 0 amide bonds. The maximum Gasteiger partial charge on any atom is 0.193 e. The topological polar surface area (TPSA) is 59.6 Å². The Morgan fingerprint density at radius 3 is 2.65 bits per heavy atom. The van der Waals surface area contributed by atoms with Crippen LogP contribution in [0.3, 0.4) is 0 Å². The summed E-state index contributed by atoms with van der Waals surface area (Å²) in [6.07, 6.45) is 1.06. The van der Waals surface area contributed by atoms with Crippen molar-refractivity contribution in [3.8, 4) is 5.75 Å². The number of aliphatic imine (C=N–C) groups is 1. The van der Waals surface area contributed by atoms with Gasteiger partial charge in [-0.3, -0.25) is 4.99 Å². The van der Waals surface area contributed by atoms with Gasteiger partial charge in [0, 0.05) is 12.2 Å². The largest absolute Gasteiger partial charge is 0.497 e. The summed E-state index contributed by atoms with van der Waals surface area (Å²) in [7, 11) is 1.65. The van der Waals surface area contributed by atoms with Gasteiger partial charge in [0.25, 0.3) is 0 Å². The fraction of sp³-hybridized carbons (Fsp3) is 0.533. The monoisotopic (exact) mass is 295 g/mol. The first-order valence-electron chi connectivity index (χ1n) is 6.90. The van der Waals surface area contributed by atoms with Crippen molar-refractivity contribution in [2.24, 2.45) is 16.6 Å². The van der Waals surface area contributed by atoms with Crippen molar-refractivity contribution in [3.63, 3.8) is 0 Å². The predicted octanol–water partition coefficient (Wildman–Crippen LogP) is 3.20. The van der Waals surface area contributed by atoms with Gasteiger partial charge in [-0.1, -0.05) is 13.8 Å². The SMILES string of the molecule is COc1ccc(NC(N)=NCCCSCC(C)C)cc1. The van der Waals surface area contributed by atoms with Gasteiger partial charge >= 0.3 is 0 Å². The van der Waals surface area contributed by atoms with Crippen molar-refractivity contribution in [2.45, 2.75) is 20.3 Å². The Morgan fingerprint density at radius 2 is 2.05 bits per heavy atom. The zero-order valence-electron chi connectivity index (χ0n) is 12.6. The third kappa shape index (κ3) is 7.28. The van der Waals surface area contributed by atoms with Gasteiger partial charge in [-0.2, -0.15) is 11.8 Å². The summed E-state index contributed by atoms with van der Waals surface area (Å²) in [5, 5.41) is 3.07. The Morgan fingerprint density at radius 1 is 1.35 bits per heavy atom. The molecule has 0 saturated carbocycles. The van der Waals surface area contributed by atoms with E-state index in [9.17, 15) is 0 Å². The lowest BCUT2D eigenvalue weighted by atomic mass is 10.3. The van der Waals surface area contributed by atoms with E-state index < -0.39 is 0 Å². The van der Waals surface area contributed by atoms with E-state index in [1.165, 1.54) is 5.75 Å². The zero-order chi connectivity index (χ0) is 14.8. The molecule has 0 aliphatic carbocycles. The molecule has 3 N–H and O–H groups in total. The number of nitrogens with two attached hydrogens (primary N) is 1. The molecule has 0 bridgehead atoms. The number of benzene rings is 1. The van der Waals surface area contributed by atoms with Crippen molar-refractivity contribution in [2.75, 3.05) is 30.5 Å². The van der Waals surface area contributed by atoms with Crippen LogP contribution in [0.4, 0.5) is 5.69 Å². The van der Waals surface area contributed by atoms with Crippen LogP contribution in [0.1, 0.15) is 20.3 Å². The van der Waals surface area contributed by atoms with Crippen molar-refractivity contribution in [3.05, 3.63) is 24.3 Å². The minimum absolute atomic E-state index is 0.462. The second-order valence-electron chi connectivity index (χ2n) is 4.94. The third-order valence-electron chi connectivity index (χ3n) is 2.54. The molecule has 0 heterocycles. The average Bonchev–Trinajstić information content (AvgIpc) is 2.43. The van der Waals surface area contributed by atoms with Gasteiger partial charge in [0.2, 0.25) is 0 Å². The maximum absolute atomic E-state index is 5.84. The number of nitrogens with zero attached hydrogens (tertiary/aromatic N) is 1. The van der Waals surface area contributed by atoms with Crippen molar-refractivity contribution < 1.29 is 4.74 Å². The number of guanidine groups is 1. The molecule has 0 atom stereocenters. The van der Waals surface area contributed by atoms with Gasteiger partial charge in [0.1, 0.15) is 5.75 Å². The highest BCUT2D eigenvalue weighted by atomic mass is 32.2. The molecule has 112 valence electrons. The van der Waals surface area contributed by atoms with Crippen LogP contribution in [0.5, 0.6) is 5.75 Å². The van der Waals surface area contributed by atoms with E-state index in [0.29, 0.717) is 5.96 Å². The van der Waals surface area contributed by atoms with Gasteiger partial charge in [0.15, 0.2) is 5.96 Å². The molecule has 5 heteroatoms. The molecule has 0 saturated heterocycles. The summed E-state index contributed by atoms with van der Waals surface area (Å²) >= 11 is 1.98. The van der Waals surface area contributed by atoms with Crippen molar-refractivity contribution in [1.29, 1.82) is 0 Å². The minimum atomic E-state index is 0.462. The highest BCUT2D eigenvalue weighted by Gasteiger charge is 1.97. The number of ether oxygens (including phenoxy) is 1. The number of anilines is 1. The minimum Gasteiger partial charge on any atom is -0.497 e. The lowest BCUT2D eigenvalue weighted by Gasteiger charge is -2.07. The second kappa shape index (κ2) is 9.53. The fourth-order valence-corrected chi connectivity index (χ4v) is 2.52. The lowest BCUT2D eigenvalue weighted by molar-refractivity contribution is 0.415. The molecule has 0 unspecified atom stereocenters. The Balaban J connectivity index is 2.23. The molecule has 0 aliphatic heterocycles. The smallest absolute Gasteiger partial charge is 0.193 e. The average molecular weight is 295 g/mol. The van der Waals surface area contributed by atoms with E-state index in [4.69, 9.17) is 10.5 Å². The van der Waals surface area contributed by atoms with E-state index in [1.54, 1.807) is 7.11 Å². The lowest BCUT2D eigenvalue weighted by Crippen LogP contribution is -2.22. The maximum atomic E-state index is 5.84. The summed E-state index contributed by atoms with van der Waals surface area (Å²) in [5.74, 6) is 4.39. The van der Waals surface area contributed by atoms with E-state index >= 15 is 0 Å². The molecule has 20 heavy (non-hydrogen) atoms. The van der Waals surface area contributed by atoms with E-state index in [2.05, 4.69) is 24.2 Å². The van der Waals surface area contributed by atoms with Crippen LogP contribution in [-0.2, 0) is 0 Å². The highest BCUT2D eigenvalue weighted by molar-refractivity contribution is 7.99. The number of nitrogens with one attached hydrogen (secondary N) is 1. The number of thioether (sulfide) groups is 1. The molecule has 0 fully saturated rings. The van der Waals surface area contributed by atoms with Gasteiger partial charge in [0.05, 0.1) is 7.11 Å². The van der Waals surface area contributed by atoms with Gasteiger partial charge < -0.3 is 15.8 Å². The zero-order valence-corrected chi connectivity index (χ0v) is 13.4. The summed E-state index contributed by atoms with van der Waals surface area (Å²) in [6, 6.07) is 7.61. The molecule has 0 aliphatic rings. The van der Waals surface area contributed by atoms with Gasteiger partial charge in [-0.15, -0.1) is 0 Å². The first-order valence-corrected chi connectivity index (χ1v) is 8.06. The van der Waals surface area contributed by atoms with Crippen LogP contribution < -0.4 is 15.8 Å². The first-order chi connectivity index (χ1) is 9.61. The number of hydrogen-bond donors (Lipinski definition) is 2. The fourth-order valence-electron chi connectivity index (χ4n) is 1.55. The Bertz CT molecular complexity index is 404. The molecule has 0 radical (unpaired) electrons. The van der Waals surface area contributed by atoms with Crippen LogP contribution in [0.25, 0.3) is 0 Å². The molecular weight excluding hydrogens is 270 g/mol. The van der Waals surface area contributed by atoms with Gasteiger partial charge in [-0.25, -0.2) is 0 Å². The summed E-state index contributed by atoms with van der Waals surface area (Å²) < 4.78 is 5.10. The molecule has 4 nitrogen and oxygen atoms in total. The van der Waals surface area contributed by atoms with Crippen LogP contribution >= 0.6 is 11.8 Å². The number of methoxy groups -OCH3 is 1. The van der Waals surface area contributed by atoms with Crippen LogP contribution in [0.2, 0.25) is 0 Å². The molecule has 0 aromatic heterocycles. The second-order valence-corrected chi connectivity index (χ2v) is 6.09. The summed E-state index contributed by atoms with van der Waals surface area (Å²) in [6.45, 7) is 5.24. The number of rotatable bonds is 8. The van der Waals surface area contributed by atoms with E-state index in [-0.39, 0.29) is 0 Å². The molecule has 0 spiro atoms. The Hall–Kier alpha value is -1.36. The van der Waals surface area contributed by atoms with Crippen LogP contribution in [0, 0.1) is 5.92 Å². The molecular formula is C15H25N3OS. The van der Waals surface area contributed by atoms with Crippen molar-refractivity contribution >= 4 is 23.4 Å². The molecule has 1 aromatic carbocycles. The van der Waals surface area contributed by atoms with Gasteiger partial charge in [-0.05, 0) is 48.1 Å². The standard InChI is InChI=1S/C15H25N3OS/c1-12(2)11-20-10-4-9-17-15(16)18-13-5-7-14(19-3)8-6-13/h5-8,12H,4,9-11H2,1-3H3,(H3,16,17,18). The quantitative estimate of drug-likeness (QED) is 0.439. The Labute approximate surface area is 126 Å². The number of hydrogen-bond acceptors (Lipinski definition) is 3. The first kappa shape index (κ1) is 16.7.